The molecule has 3 aliphatic heterocycles. The minimum absolute atomic E-state index is 0.00339. The summed E-state index contributed by atoms with van der Waals surface area (Å²) in [6.45, 7) is 8.89. The van der Waals surface area contributed by atoms with Crippen molar-refractivity contribution in [3.63, 3.8) is 0 Å². The average molecular weight is 1300 g/mol. The van der Waals surface area contributed by atoms with Crippen LogP contribution in [-0.2, 0) is 30.0 Å². The fourth-order valence-corrected chi connectivity index (χ4v) is 18.2. The van der Waals surface area contributed by atoms with Gasteiger partial charge < -0.3 is 30.3 Å². The van der Waals surface area contributed by atoms with Crippen molar-refractivity contribution in [1.82, 2.24) is 25.7 Å². The van der Waals surface area contributed by atoms with Crippen molar-refractivity contribution in [2.75, 3.05) is 10.6 Å². The smallest absolute Gasteiger partial charge is 0.321 e. The molecule has 472 valence electrons. The van der Waals surface area contributed by atoms with Crippen LogP contribution in [0.1, 0.15) is 201 Å². The van der Waals surface area contributed by atoms with E-state index < -0.39 is 63.2 Å². The number of hydrogen-bond acceptors (Lipinski definition) is 12. The van der Waals surface area contributed by atoms with Crippen LogP contribution < -0.4 is 21.7 Å². The number of carboxylic acids is 1. The number of hydrogen-bond donors (Lipinski definition) is 5. The maximum atomic E-state index is 16.2. The number of Topliss-reactive ketones (excluding diaryl/α,β-unsaturated/α-hetero) is 1. The molecule has 6 N–H and O–H groups in total. The zero-order chi connectivity index (χ0) is 63.0. The van der Waals surface area contributed by atoms with Crippen LogP contribution in [0.2, 0.25) is 20.1 Å². The number of aliphatic carboxylic acids is 1. The maximum absolute atomic E-state index is 16.2. The number of nitrogens with one attached hydrogen (secondary N) is 3. The third-order valence-electron chi connectivity index (χ3n) is 22.2. The van der Waals surface area contributed by atoms with Crippen LogP contribution in [0.3, 0.4) is 0 Å². The second-order valence-electron chi connectivity index (χ2n) is 28.2. The lowest BCUT2D eigenvalue weighted by Gasteiger charge is -2.51. The molecule has 6 aromatic rings. The van der Waals surface area contributed by atoms with Gasteiger partial charge in [0.05, 0.1) is 15.5 Å². The summed E-state index contributed by atoms with van der Waals surface area (Å²) in [5, 5.41) is 36.1. The molecule has 1 saturated heterocycles. The number of nitrogens with two attached hydrogens (primary N) is 1. The molecule has 2 amide bonds. The second kappa shape index (κ2) is 24.3. The molecule has 89 heavy (non-hydrogen) atoms. The first-order chi connectivity index (χ1) is 42.4. The molecule has 6 fully saturated rings. The summed E-state index contributed by atoms with van der Waals surface area (Å²) in [5.74, 6) is -2.63. The van der Waals surface area contributed by atoms with E-state index in [2.05, 4.69) is 64.0 Å². The number of carbonyl (C=O) groups is 4. The van der Waals surface area contributed by atoms with Gasteiger partial charge >= 0.3 is 5.97 Å². The van der Waals surface area contributed by atoms with Gasteiger partial charge in [0.15, 0.2) is 0 Å². The number of rotatable bonds is 8. The van der Waals surface area contributed by atoms with Gasteiger partial charge in [0.1, 0.15) is 28.9 Å². The number of benzene rings is 4. The summed E-state index contributed by atoms with van der Waals surface area (Å²) in [5.41, 5.74) is 5.29. The largest absolute Gasteiger partial charge is 0.480 e. The summed E-state index contributed by atoms with van der Waals surface area (Å²) in [4.78, 5) is 55.9. The van der Waals surface area contributed by atoms with Crippen molar-refractivity contribution in [3.8, 4) is 0 Å². The minimum atomic E-state index is -1.34. The first kappa shape index (κ1) is 63.3. The molecule has 0 bridgehead atoms. The van der Waals surface area contributed by atoms with Crippen LogP contribution in [0.5, 0.6) is 0 Å². The second-order valence-corrected chi connectivity index (χ2v) is 29.8. The summed E-state index contributed by atoms with van der Waals surface area (Å²) < 4.78 is 42.3. The van der Waals surface area contributed by atoms with Gasteiger partial charge in [-0.05, 0) is 190 Å². The van der Waals surface area contributed by atoms with Crippen LogP contribution in [0, 0.1) is 39.7 Å². The van der Waals surface area contributed by atoms with Gasteiger partial charge in [-0.3, -0.25) is 24.5 Å². The van der Waals surface area contributed by atoms with Gasteiger partial charge in [0, 0.05) is 69.0 Å². The maximum Gasteiger partial charge on any atom is 0.321 e. The highest BCUT2D eigenvalue weighted by Crippen LogP contribution is 2.73. The lowest BCUT2D eigenvalue weighted by molar-refractivity contribution is -0.139. The molecule has 6 atom stereocenters. The SMILES string of the molecule is CC1(C)CCC2(CC1)C[C@@H](C(=O)CC1CCC(c3nnco3)CC1)[C@H](c1cccc(Cl)c1F)[C@]21C(=O)Nc2cc(Cl)ccc21.CC1(C)CCC2(CC1)N[C@@H](C(=O)O)[C@H](c1cccc(Cl)c1F)C21C(=O)Nc2cc(Cl)ccc21.NC1CCC(c2nnco2)CC1. The van der Waals surface area contributed by atoms with Crippen LogP contribution in [0.15, 0.2) is 94.4 Å². The molecule has 5 saturated carbocycles. The zero-order valence-electron chi connectivity index (χ0n) is 50.5. The molecule has 5 aliphatic carbocycles. The van der Waals surface area contributed by atoms with Gasteiger partial charge in [0.2, 0.25) is 36.4 Å². The Morgan fingerprint density at radius 3 is 1.60 bits per heavy atom. The van der Waals surface area contributed by atoms with E-state index in [9.17, 15) is 24.3 Å². The molecule has 2 aromatic heterocycles. The molecule has 21 heteroatoms. The lowest BCUT2D eigenvalue weighted by atomic mass is 9.51. The number of halogens is 6. The number of aromatic nitrogens is 4. The van der Waals surface area contributed by atoms with Gasteiger partial charge in [-0.15, -0.1) is 20.4 Å². The number of fused-ring (bicyclic) bond motifs is 6. The molecule has 4 aromatic carbocycles. The summed E-state index contributed by atoms with van der Waals surface area (Å²) in [6, 6.07) is 19.4. The van der Waals surface area contributed by atoms with E-state index in [0.717, 1.165) is 101 Å². The monoisotopic (exact) mass is 1290 g/mol. The molecule has 15 nitrogen and oxygen atoms in total. The molecule has 5 heterocycles. The van der Waals surface area contributed by atoms with Gasteiger partial charge in [-0.25, -0.2) is 8.78 Å². The molecule has 8 aliphatic rings. The van der Waals surface area contributed by atoms with Crippen molar-refractivity contribution in [2.45, 2.75) is 195 Å². The molecule has 1 unspecified atom stereocenters. The third kappa shape index (κ3) is 11.1. The number of amides is 2. The summed E-state index contributed by atoms with van der Waals surface area (Å²) in [6.07, 6.45) is 17.8. The van der Waals surface area contributed by atoms with E-state index in [1.54, 1.807) is 42.5 Å². The van der Waals surface area contributed by atoms with E-state index in [-0.39, 0.29) is 55.9 Å². The Balaban J connectivity index is 0.000000149. The quantitative estimate of drug-likeness (QED) is 0.0956. The Hall–Kier alpha value is -5.82. The highest BCUT2D eigenvalue weighted by molar-refractivity contribution is 6.32. The van der Waals surface area contributed by atoms with Crippen LogP contribution in [0.4, 0.5) is 20.2 Å². The van der Waals surface area contributed by atoms with E-state index in [1.807, 2.05) is 12.1 Å². The summed E-state index contributed by atoms with van der Waals surface area (Å²) in [7, 11) is 0. The number of carbonyl (C=O) groups excluding carboxylic acids is 3. The predicted octanol–water partition coefficient (Wildman–Crippen LogP) is 15.6. The number of ketones is 1. The Morgan fingerprint density at radius 1 is 0.629 bits per heavy atom. The Labute approximate surface area is 537 Å². The first-order valence-corrected chi connectivity index (χ1v) is 32.9. The van der Waals surface area contributed by atoms with Gasteiger partial charge in [0.25, 0.3) is 0 Å². The van der Waals surface area contributed by atoms with Crippen molar-refractivity contribution in [1.29, 1.82) is 0 Å². The number of anilines is 2. The van der Waals surface area contributed by atoms with E-state index >= 15 is 8.78 Å². The number of carboxylic acid groups (broad SMARTS) is 1. The van der Waals surface area contributed by atoms with Gasteiger partial charge in [-0.2, -0.15) is 0 Å². The van der Waals surface area contributed by atoms with Crippen LogP contribution in [-0.4, -0.2) is 66.7 Å². The first-order valence-electron chi connectivity index (χ1n) is 31.3. The summed E-state index contributed by atoms with van der Waals surface area (Å²) >= 11 is 25.2. The fraction of sp³-hybridized carbons (Fsp3) is 0.529. The predicted molar refractivity (Wildman–Crippen MR) is 336 cm³/mol. The zero-order valence-corrected chi connectivity index (χ0v) is 53.5. The Kier molecular flexibility index (Phi) is 17.3. The topological polar surface area (TPSA) is 228 Å². The fourth-order valence-electron chi connectivity index (χ4n) is 17.5. The van der Waals surface area contributed by atoms with Crippen molar-refractivity contribution < 1.29 is 41.9 Å². The minimum Gasteiger partial charge on any atom is -0.480 e. The average Bonchev–Trinajstić information content (AvgIpc) is 1.53. The van der Waals surface area contributed by atoms with Gasteiger partial charge in [-0.1, -0.05) is 110 Å². The van der Waals surface area contributed by atoms with Crippen LogP contribution >= 0.6 is 46.4 Å². The standard InChI is InChI=1S/C35H38Cl2FN3O3.C25H25Cl2FN2O3.C8H13N3O/c1-33(2)12-14-34(15-13-33)18-24(28(42)16-20-6-8-21(9-7-20)31-41-39-19-44-31)29(23-4-3-5-26(37)30(23)38)35(34)25-11-10-22(36)17-27(25)40-32(35)43;1-23(2)8-10-24(11-9-23)25(15-7-6-13(26)12-17(15)29-22(25)33)18(20(30-24)21(31)32)14-4-3-5-16(27)19(14)28;9-7-3-1-6(2-4-7)8-11-10-5-12-8/h3-5,10-11,17,19-21,24,29H,6-9,12-16,18H2,1-2H3,(H,40,43);3-7,12,18,20,30H,8-11H2,1-2H3,(H,29,33)(H,31,32);5-7H,1-4,9H2/t20?,21?,24-,29-,35+;18-,20+,25?;/m00./s1. The number of nitrogens with zero attached hydrogens (tertiary/aromatic N) is 4. The lowest BCUT2D eigenvalue weighted by Crippen LogP contribution is -2.61. The Bertz CT molecular complexity index is 3650. The molecule has 4 spiro atoms. The highest BCUT2D eigenvalue weighted by Gasteiger charge is 2.74. The highest BCUT2D eigenvalue weighted by atomic mass is 35.5. The Morgan fingerprint density at radius 2 is 1.10 bits per heavy atom. The van der Waals surface area contributed by atoms with Crippen molar-refractivity contribution >= 4 is 81.3 Å². The van der Waals surface area contributed by atoms with Crippen molar-refractivity contribution in [3.05, 3.63) is 151 Å². The molecule has 0 radical (unpaired) electrons. The van der Waals surface area contributed by atoms with Crippen molar-refractivity contribution in [2.24, 2.45) is 33.8 Å². The van der Waals surface area contributed by atoms with Crippen LogP contribution in [0.25, 0.3) is 0 Å². The molecule has 14 rings (SSSR count). The van der Waals surface area contributed by atoms with E-state index in [1.165, 1.54) is 31.0 Å². The third-order valence-corrected chi connectivity index (χ3v) is 23.3. The molecular formula is C68H76Cl4F2N8O7. The normalized spacial score (nSPS) is 30.0. The van der Waals surface area contributed by atoms with E-state index in [4.69, 9.17) is 61.0 Å². The molecular weight excluding hydrogens is 1220 g/mol. The van der Waals surface area contributed by atoms with E-state index in [0.29, 0.717) is 76.1 Å².